The first kappa shape index (κ1) is 15.5. The summed E-state index contributed by atoms with van der Waals surface area (Å²) in [4.78, 5) is 12.1. The quantitative estimate of drug-likeness (QED) is 0.913. The highest BCUT2D eigenvalue weighted by molar-refractivity contribution is 6.30. The maximum Gasteiger partial charge on any atom is 0.261 e. The summed E-state index contributed by atoms with van der Waals surface area (Å²) in [7, 11) is 0. The number of hydrogen-bond donors (Lipinski definition) is 1. The molecular formula is C17H16ClNO4. The first-order chi connectivity index (χ1) is 11.1. The second-order valence-corrected chi connectivity index (χ2v) is 5.56. The van der Waals surface area contributed by atoms with Crippen LogP contribution >= 0.6 is 11.6 Å². The van der Waals surface area contributed by atoms with Crippen LogP contribution in [-0.2, 0) is 11.3 Å². The summed E-state index contributed by atoms with van der Waals surface area (Å²) in [5.74, 6) is 1.77. The van der Waals surface area contributed by atoms with E-state index in [2.05, 4.69) is 5.32 Å². The van der Waals surface area contributed by atoms with Gasteiger partial charge in [-0.2, -0.15) is 0 Å². The van der Waals surface area contributed by atoms with Crippen molar-refractivity contribution in [3.05, 3.63) is 53.1 Å². The minimum absolute atomic E-state index is 0.206. The van der Waals surface area contributed by atoms with Crippen molar-refractivity contribution < 1.29 is 19.0 Å². The number of carbonyl (C=O) groups is 1. The highest BCUT2D eigenvalue weighted by Crippen LogP contribution is 2.32. The van der Waals surface area contributed by atoms with Crippen molar-refractivity contribution in [2.45, 2.75) is 19.6 Å². The molecule has 120 valence electrons. The van der Waals surface area contributed by atoms with E-state index < -0.39 is 6.10 Å². The monoisotopic (exact) mass is 333 g/mol. The molecule has 1 amide bonds. The maximum atomic E-state index is 12.1. The van der Waals surface area contributed by atoms with E-state index in [-0.39, 0.29) is 12.7 Å². The molecule has 0 aromatic heterocycles. The zero-order valence-corrected chi connectivity index (χ0v) is 13.3. The number of benzene rings is 2. The summed E-state index contributed by atoms with van der Waals surface area (Å²) in [5, 5.41) is 3.40. The number of hydrogen-bond acceptors (Lipinski definition) is 4. The minimum atomic E-state index is -0.623. The number of amides is 1. The van der Waals surface area contributed by atoms with Gasteiger partial charge in [0.15, 0.2) is 17.6 Å². The van der Waals surface area contributed by atoms with Gasteiger partial charge in [-0.15, -0.1) is 0 Å². The number of halogens is 1. The lowest BCUT2D eigenvalue weighted by atomic mass is 10.2. The van der Waals surface area contributed by atoms with Crippen LogP contribution in [0.25, 0.3) is 0 Å². The maximum absolute atomic E-state index is 12.1. The van der Waals surface area contributed by atoms with Gasteiger partial charge in [-0.1, -0.05) is 23.7 Å². The van der Waals surface area contributed by atoms with Crippen molar-refractivity contribution in [2.24, 2.45) is 0 Å². The topological polar surface area (TPSA) is 56.8 Å². The van der Waals surface area contributed by atoms with E-state index in [1.54, 1.807) is 31.2 Å². The van der Waals surface area contributed by atoms with E-state index in [9.17, 15) is 4.79 Å². The Morgan fingerprint density at radius 3 is 2.91 bits per heavy atom. The molecule has 0 spiro atoms. The number of fused-ring (bicyclic) bond motifs is 1. The average Bonchev–Trinajstić information content (AvgIpc) is 3.00. The molecule has 0 saturated heterocycles. The first-order valence-corrected chi connectivity index (χ1v) is 7.58. The Balaban J connectivity index is 1.54. The Morgan fingerprint density at radius 2 is 2.09 bits per heavy atom. The van der Waals surface area contributed by atoms with E-state index in [0.29, 0.717) is 23.1 Å². The molecule has 6 heteroatoms. The van der Waals surface area contributed by atoms with Gasteiger partial charge in [0, 0.05) is 11.6 Å². The van der Waals surface area contributed by atoms with E-state index in [1.807, 2.05) is 18.2 Å². The molecule has 0 aliphatic carbocycles. The first-order valence-electron chi connectivity index (χ1n) is 7.20. The molecule has 1 N–H and O–H groups in total. The Kier molecular flexibility index (Phi) is 4.57. The molecule has 2 aromatic carbocycles. The van der Waals surface area contributed by atoms with Crippen LogP contribution in [0.5, 0.6) is 17.2 Å². The molecule has 0 fully saturated rings. The molecule has 5 nitrogen and oxygen atoms in total. The van der Waals surface area contributed by atoms with Gasteiger partial charge in [-0.3, -0.25) is 4.79 Å². The third kappa shape index (κ3) is 3.87. The van der Waals surface area contributed by atoms with E-state index >= 15 is 0 Å². The molecule has 2 aromatic rings. The van der Waals surface area contributed by atoms with Crippen molar-refractivity contribution in [2.75, 3.05) is 6.79 Å². The Hall–Kier alpha value is -2.40. The molecule has 0 unspecified atom stereocenters. The third-order valence-corrected chi connectivity index (χ3v) is 3.62. The number of nitrogens with one attached hydrogen (secondary N) is 1. The lowest BCUT2D eigenvalue weighted by Gasteiger charge is -2.15. The van der Waals surface area contributed by atoms with E-state index in [1.165, 1.54) is 0 Å². The predicted octanol–water partition coefficient (Wildman–Crippen LogP) is 3.15. The number of carbonyl (C=O) groups excluding carboxylic acids is 1. The molecule has 0 bridgehead atoms. The molecule has 1 aliphatic heterocycles. The van der Waals surface area contributed by atoms with Crippen LogP contribution in [0.15, 0.2) is 42.5 Å². The summed E-state index contributed by atoms with van der Waals surface area (Å²) < 4.78 is 16.1. The highest BCUT2D eigenvalue weighted by atomic mass is 35.5. The Labute approximate surface area is 139 Å². The zero-order valence-electron chi connectivity index (χ0n) is 12.5. The normalized spacial score (nSPS) is 13.5. The molecule has 0 radical (unpaired) electrons. The SMILES string of the molecule is C[C@@H](Oc1cccc(Cl)c1)C(=O)NCc1ccc2c(c1)OCO2. The molecule has 23 heavy (non-hydrogen) atoms. The average molecular weight is 334 g/mol. The molecule has 1 aliphatic rings. The van der Waals surface area contributed by atoms with Gasteiger partial charge < -0.3 is 19.5 Å². The standard InChI is InChI=1S/C17H16ClNO4/c1-11(23-14-4-2-3-13(18)8-14)17(20)19-9-12-5-6-15-16(7-12)22-10-21-15/h2-8,11H,9-10H2,1H3,(H,19,20)/t11-/m1/s1. The van der Waals surface area contributed by atoms with Crippen LogP contribution in [0.1, 0.15) is 12.5 Å². The van der Waals surface area contributed by atoms with Crippen molar-refractivity contribution in [3.8, 4) is 17.2 Å². The van der Waals surface area contributed by atoms with Crippen LogP contribution in [0.4, 0.5) is 0 Å². The summed E-state index contributed by atoms with van der Waals surface area (Å²) in [6.45, 7) is 2.31. The van der Waals surface area contributed by atoms with Crippen LogP contribution < -0.4 is 19.5 Å². The van der Waals surface area contributed by atoms with Gasteiger partial charge in [0.1, 0.15) is 5.75 Å². The summed E-state index contributed by atoms with van der Waals surface area (Å²) in [6, 6.07) is 12.5. The Morgan fingerprint density at radius 1 is 1.26 bits per heavy atom. The third-order valence-electron chi connectivity index (χ3n) is 3.38. The largest absolute Gasteiger partial charge is 0.481 e. The van der Waals surface area contributed by atoms with Gasteiger partial charge in [-0.25, -0.2) is 0 Å². The van der Waals surface area contributed by atoms with E-state index in [4.69, 9.17) is 25.8 Å². The van der Waals surface area contributed by atoms with Gasteiger partial charge in [-0.05, 0) is 42.8 Å². The molecule has 1 heterocycles. The minimum Gasteiger partial charge on any atom is -0.481 e. The molecular weight excluding hydrogens is 318 g/mol. The van der Waals surface area contributed by atoms with Gasteiger partial charge in [0.25, 0.3) is 5.91 Å². The number of ether oxygens (including phenoxy) is 3. The van der Waals surface area contributed by atoms with Crippen molar-refractivity contribution in [1.82, 2.24) is 5.32 Å². The zero-order chi connectivity index (χ0) is 16.2. The van der Waals surface area contributed by atoms with E-state index in [0.717, 1.165) is 11.3 Å². The van der Waals surface area contributed by atoms with Crippen molar-refractivity contribution in [1.29, 1.82) is 0 Å². The summed E-state index contributed by atoms with van der Waals surface area (Å²) in [5.41, 5.74) is 0.928. The van der Waals surface area contributed by atoms with Crippen molar-refractivity contribution in [3.63, 3.8) is 0 Å². The van der Waals surface area contributed by atoms with Crippen LogP contribution in [0.3, 0.4) is 0 Å². The van der Waals surface area contributed by atoms with Crippen LogP contribution in [-0.4, -0.2) is 18.8 Å². The van der Waals surface area contributed by atoms with Gasteiger partial charge in [0.2, 0.25) is 6.79 Å². The molecule has 0 saturated carbocycles. The van der Waals surface area contributed by atoms with Gasteiger partial charge in [0.05, 0.1) is 0 Å². The fourth-order valence-corrected chi connectivity index (χ4v) is 2.36. The highest BCUT2D eigenvalue weighted by Gasteiger charge is 2.16. The summed E-state index contributed by atoms with van der Waals surface area (Å²) in [6.07, 6.45) is -0.623. The fraction of sp³-hybridized carbons (Fsp3) is 0.235. The lowest BCUT2D eigenvalue weighted by Crippen LogP contribution is -2.35. The van der Waals surface area contributed by atoms with Crippen LogP contribution in [0.2, 0.25) is 5.02 Å². The molecule has 1 atom stereocenters. The second-order valence-electron chi connectivity index (χ2n) is 5.12. The predicted molar refractivity (Wildman–Crippen MR) is 86.0 cm³/mol. The van der Waals surface area contributed by atoms with Gasteiger partial charge >= 0.3 is 0 Å². The summed E-state index contributed by atoms with van der Waals surface area (Å²) >= 11 is 5.89. The number of rotatable bonds is 5. The second kappa shape index (κ2) is 6.79. The Bertz CT molecular complexity index is 719. The smallest absolute Gasteiger partial charge is 0.261 e. The molecule has 3 rings (SSSR count). The van der Waals surface area contributed by atoms with Crippen molar-refractivity contribution >= 4 is 17.5 Å². The van der Waals surface area contributed by atoms with Crippen LogP contribution in [0, 0.1) is 0 Å². The fourth-order valence-electron chi connectivity index (χ4n) is 2.18. The lowest BCUT2D eigenvalue weighted by molar-refractivity contribution is -0.127.